The monoisotopic (exact) mass is 525 g/mol. The molecule has 0 unspecified atom stereocenters. The standard InChI is InChI=1S/C20H24FN7O.HI/c1-22-20(23-13-18-25-19(27-26-18)17-6-3-11-29-17)24-15-7-9-28(10-8-15)16-5-2-4-14(21)12-16;/h2-6,11-12,15H,7-10,13H2,1H3,(H2,22,23,24)(H,25,26,27);1H. The molecular formula is C20H25FIN7O. The molecule has 3 aromatic rings. The number of guanidine groups is 1. The molecule has 4 rings (SSSR count). The van der Waals surface area contributed by atoms with Gasteiger partial charge in [0.25, 0.3) is 0 Å². The molecule has 0 atom stereocenters. The van der Waals surface area contributed by atoms with Crippen molar-refractivity contribution in [2.24, 2.45) is 4.99 Å². The first-order valence-electron chi connectivity index (χ1n) is 9.64. The number of rotatable bonds is 5. The summed E-state index contributed by atoms with van der Waals surface area (Å²) in [5, 5.41) is 13.8. The largest absolute Gasteiger partial charge is 0.461 e. The van der Waals surface area contributed by atoms with E-state index in [-0.39, 0.29) is 29.8 Å². The van der Waals surface area contributed by atoms with Crippen LogP contribution in [0, 0.1) is 5.82 Å². The van der Waals surface area contributed by atoms with E-state index in [2.05, 4.69) is 35.7 Å². The Balaban J connectivity index is 0.00000256. The molecule has 0 spiro atoms. The normalized spacial score (nSPS) is 15.0. The van der Waals surface area contributed by atoms with Crippen LogP contribution < -0.4 is 15.5 Å². The van der Waals surface area contributed by atoms with Crippen molar-refractivity contribution in [1.82, 2.24) is 25.8 Å². The fourth-order valence-electron chi connectivity index (χ4n) is 3.40. The smallest absolute Gasteiger partial charge is 0.216 e. The summed E-state index contributed by atoms with van der Waals surface area (Å²) in [4.78, 5) is 10.9. The molecule has 1 aliphatic rings. The van der Waals surface area contributed by atoms with Crippen LogP contribution in [0.4, 0.5) is 10.1 Å². The van der Waals surface area contributed by atoms with Crippen molar-refractivity contribution in [2.45, 2.75) is 25.4 Å². The van der Waals surface area contributed by atoms with Gasteiger partial charge in [-0.1, -0.05) is 6.07 Å². The lowest BCUT2D eigenvalue weighted by Gasteiger charge is -2.34. The molecule has 0 radical (unpaired) electrons. The van der Waals surface area contributed by atoms with Gasteiger partial charge in [-0.2, -0.15) is 0 Å². The molecule has 2 aromatic heterocycles. The number of aromatic amines is 1. The van der Waals surface area contributed by atoms with Crippen molar-refractivity contribution < 1.29 is 8.81 Å². The Morgan fingerprint density at radius 2 is 2.13 bits per heavy atom. The quantitative estimate of drug-likeness (QED) is 0.269. The number of anilines is 1. The minimum absolute atomic E-state index is 0. The Morgan fingerprint density at radius 1 is 1.30 bits per heavy atom. The summed E-state index contributed by atoms with van der Waals surface area (Å²) in [7, 11) is 1.74. The molecule has 1 fully saturated rings. The Kier molecular flexibility index (Phi) is 7.66. The van der Waals surface area contributed by atoms with Gasteiger partial charge < -0.3 is 20.0 Å². The lowest BCUT2D eigenvalue weighted by molar-refractivity contribution is 0.460. The number of nitrogens with zero attached hydrogens (tertiary/aromatic N) is 4. The molecular weight excluding hydrogens is 500 g/mol. The van der Waals surface area contributed by atoms with Gasteiger partial charge in [0, 0.05) is 31.9 Å². The second-order valence-electron chi connectivity index (χ2n) is 6.89. The van der Waals surface area contributed by atoms with E-state index >= 15 is 0 Å². The summed E-state index contributed by atoms with van der Waals surface area (Å²) in [5.74, 6) is 2.36. The fourth-order valence-corrected chi connectivity index (χ4v) is 3.40. The number of aliphatic imine (C=N–C) groups is 1. The summed E-state index contributed by atoms with van der Waals surface area (Å²) in [6.07, 6.45) is 3.49. The van der Waals surface area contributed by atoms with Gasteiger partial charge in [0.2, 0.25) is 5.82 Å². The number of benzene rings is 1. The third-order valence-electron chi connectivity index (χ3n) is 4.93. The number of nitrogens with one attached hydrogen (secondary N) is 3. The van der Waals surface area contributed by atoms with Gasteiger partial charge in [-0.25, -0.2) is 9.37 Å². The molecule has 0 aliphatic carbocycles. The van der Waals surface area contributed by atoms with Crippen molar-refractivity contribution >= 4 is 35.6 Å². The van der Waals surface area contributed by atoms with Gasteiger partial charge in [-0.05, 0) is 43.2 Å². The highest BCUT2D eigenvalue weighted by Gasteiger charge is 2.20. The van der Waals surface area contributed by atoms with E-state index in [1.54, 1.807) is 31.5 Å². The Morgan fingerprint density at radius 3 is 2.83 bits per heavy atom. The zero-order valence-electron chi connectivity index (χ0n) is 16.6. The van der Waals surface area contributed by atoms with E-state index in [0.717, 1.165) is 31.6 Å². The van der Waals surface area contributed by atoms with Crippen LogP contribution in [0.15, 0.2) is 52.1 Å². The number of H-pyrrole nitrogens is 1. The van der Waals surface area contributed by atoms with E-state index in [0.29, 0.717) is 36.0 Å². The van der Waals surface area contributed by atoms with Crippen molar-refractivity contribution in [1.29, 1.82) is 0 Å². The van der Waals surface area contributed by atoms with E-state index in [4.69, 9.17) is 4.42 Å². The topological polar surface area (TPSA) is 94.4 Å². The number of piperidine rings is 1. The van der Waals surface area contributed by atoms with Crippen LogP contribution in [0.1, 0.15) is 18.7 Å². The second kappa shape index (κ2) is 10.4. The first-order chi connectivity index (χ1) is 14.2. The fraction of sp³-hybridized carbons (Fsp3) is 0.350. The number of halogens is 2. The minimum Gasteiger partial charge on any atom is -0.461 e. The Hall–Kier alpha value is -2.63. The Labute approximate surface area is 191 Å². The third kappa shape index (κ3) is 5.49. The maximum atomic E-state index is 13.4. The predicted molar refractivity (Wildman–Crippen MR) is 124 cm³/mol. The number of hydrogen-bond acceptors (Lipinski definition) is 5. The molecule has 30 heavy (non-hydrogen) atoms. The minimum atomic E-state index is -0.199. The van der Waals surface area contributed by atoms with Gasteiger partial charge >= 0.3 is 0 Å². The number of furan rings is 1. The third-order valence-corrected chi connectivity index (χ3v) is 4.93. The summed E-state index contributed by atoms with van der Waals surface area (Å²) in [6.45, 7) is 2.20. The van der Waals surface area contributed by atoms with Crippen LogP contribution >= 0.6 is 24.0 Å². The molecule has 3 heterocycles. The maximum Gasteiger partial charge on any atom is 0.216 e. The van der Waals surface area contributed by atoms with Crippen LogP contribution in [0.25, 0.3) is 11.6 Å². The lowest BCUT2D eigenvalue weighted by atomic mass is 10.0. The zero-order chi connectivity index (χ0) is 20.1. The van der Waals surface area contributed by atoms with Gasteiger partial charge in [0.1, 0.15) is 11.6 Å². The van der Waals surface area contributed by atoms with Gasteiger partial charge in [0.15, 0.2) is 11.7 Å². The van der Waals surface area contributed by atoms with E-state index in [1.165, 1.54) is 6.07 Å². The van der Waals surface area contributed by atoms with E-state index < -0.39 is 0 Å². The van der Waals surface area contributed by atoms with Crippen LogP contribution in [0.2, 0.25) is 0 Å². The maximum absolute atomic E-state index is 13.4. The molecule has 0 bridgehead atoms. The molecule has 1 saturated heterocycles. The number of hydrogen-bond donors (Lipinski definition) is 3. The Bertz CT molecular complexity index is 952. The first-order valence-corrected chi connectivity index (χ1v) is 9.64. The van der Waals surface area contributed by atoms with Crippen molar-refractivity contribution in [3.63, 3.8) is 0 Å². The molecule has 1 aliphatic heterocycles. The van der Waals surface area contributed by atoms with Gasteiger partial charge in [0.05, 0.1) is 12.8 Å². The molecule has 160 valence electrons. The van der Waals surface area contributed by atoms with E-state index in [1.807, 2.05) is 12.1 Å². The van der Waals surface area contributed by atoms with Crippen LogP contribution in [0.5, 0.6) is 0 Å². The highest BCUT2D eigenvalue weighted by atomic mass is 127. The second-order valence-corrected chi connectivity index (χ2v) is 6.89. The molecule has 0 amide bonds. The molecule has 8 nitrogen and oxygen atoms in total. The van der Waals surface area contributed by atoms with Crippen molar-refractivity contribution in [2.75, 3.05) is 25.0 Å². The molecule has 3 N–H and O–H groups in total. The molecule has 0 saturated carbocycles. The summed E-state index contributed by atoms with van der Waals surface area (Å²) in [6, 6.07) is 10.7. The van der Waals surface area contributed by atoms with E-state index in [9.17, 15) is 4.39 Å². The van der Waals surface area contributed by atoms with Gasteiger partial charge in [-0.15, -0.1) is 29.1 Å². The molecule has 10 heteroatoms. The van der Waals surface area contributed by atoms with Gasteiger partial charge in [-0.3, -0.25) is 10.1 Å². The number of aromatic nitrogens is 3. The summed E-state index contributed by atoms with van der Waals surface area (Å²) >= 11 is 0. The zero-order valence-corrected chi connectivity index (χ0v) is 19.0. The van der Waals surface area contributed by atoms with Crippen LogP contribution in [0.3, 0.4) is 0 Å². The van der Waals surface area contributed by atoms with Crippen LogP contribution in [-0.4, -0.2) is 47.3 Å². The average molecular weight is 525 g/mol. The summed E-state index contributed by atoms with van der Waals surface area (Å²) in [5.41, 5.74) is 0.934. The van der Waals surface area contributed by atoms with Crippen molar-refractivity contribution in [3.05, 3.63) is 54.3 Å². The van der Waals surface area contributed by atoms with Crippen LogP contribution in [-0.2, 0) is 6.54 Å². The average Bonchev–Trinajstić information content (AvgIpc) is 3.43. The first kappa shape index (κ1) is 22.1. The highest BCUT2D eigenvalue weighted by molar-refractivity contribution is 14.0. The predicted octanol–water partition coefficient (Wildman–Crippen LogP) is 3.16. The lowest BCUT2D eigenvalue weighted by Crippen LogP contribution is -2.48. The SMILES string of the molecule is CN=C(NCc1nc(-c2ccco2)n[nH]1)NC1CCN(c2cccc(F)c2)CC1.I. The molecule has 1 aromatic carbocycles. The highest BCUT2D eigenvalue weighted by Crippen LogP contribution is 2.20. The summed E-state index contributed by atoms with van der Waals surface area (Å²) < 4.78 is 18.7. The van der Waals surface area contributed by atoms with Crippen molar-refractivity contribution in [3.8, 4) is 11.6 Å².